The molecule has 2 aromatic rings. The minimum absolute atomic E-state index is 0.397. The molecule has 0 radical (unpaired) electrons. The van der Waals surface area contributed by atoms with E-state index in [-0.39, 0.29) is 0 Å². The van der Waals surface area contributed by atoms with E-state index in [0.717, 1.165) is 4.57 Å². The lowest BCUT2D eigenvalue weighted by Gasteiger charge is -2.20. The number of carboxylic acids is 1. The number of pyridine rings is 1. The van der Waals surface area contributed by atoms with Gasteiger partial charge in [0, 0.05) is 11.8 Å². The minimum Gasteiger partial charge on any atom is -0.477 e. The zero-order chi connectivity index (χ0) is 19.5. The van der Waals surface area contributed by atoms with E-state index in [2.05, 4.69) is 0 Å². The highest BCUT2D eigenvalue weighted by atomic mass is 16.6. The summed E-state index contributed by atoms with van der Waals surface area (Å²) in [6, 6.07) is 7.71. The smallest absolute Gasteiger partial charge is 0.341 e. The fourth-order valence-electron chi connectivity index (χ4n) is 2.37. The number of hydrogen-bond acceptors (Lipinski definition) is 5. The van der Waals surface area contributed by atoms with Gasteiger partial charge in [-0.2, -0.15) is 0 Å². The quantitative estimate of drug-likeness (QED) is 0.651. The first-order valence-corrected chi connectivity index (χ1v) is 7.86. The highest BCUT2D eigenvalue weighted by Crippen LogP contribution is 2.20. The van der Waals surface area contributed by atoms with Crippen LogP contribution in [-0.4, -0.2) is 33.5 Å². The lowest BCUT2D eigenvalue weighted by atomic mass is 10.0. The van der Waals surface area contributed by atoms with Crippen molar-refractivity contribution in [3.63, 3.8) is 0 Å². The Labute approximate surface area is 149 Å². The highest BCUT2D eigenvalue weighted by Gasteiger charge is 2.20. The molecule has 0 saturated heterocycles. The predicted molar refractivity (Wildman–Crippen MR) is 94.3 cm³/mol. The summed E-state index contributed by atoms with van der Waals surface area (Å²) in [6.07, 6.45) is 2.04. The summed E-state index contributed by atoms with van der Waals surface area (Å²) in [5.41, 5.74) is -0.651. The molecule has 7 heteroatoms. The number of aromatic carboxylic acids is 1. The first kappa shape index (κ1) is 19.1. The summed E-state index contributed by atoms with van der Waals surface area (Å²) in [4.78, 5) is 46.7. The van der Waals surface area contributed by atoms with Gasteiger partial charge >= 0.3 is 11.9 Å². The first-order valence-electron chi connectivity index (χ1n) is 7.86. The molecule has 0 amide bonds. The zero-order valence-electron chi connectivity index (χ0n) is 14.7. The van der Waals surface area contributed by atoms with Gasteiger partial charge in [-0.1, -0.05) is 18.2 Å². The number of carboxylic acid groups (broad SMARTS) is 1. The summed E-state index contributed by atoms with van der Waals surface area (Å²) in [7, 11) is 0. The van der Waals surface area contributed by atoms with E-state index < -0.39 is 35.2 Å². The number of carbonyl (C=O) groups is 3. The Balaban J connectivity index is 2.52. The van der Waals surface area contributed by atoms with Crippen LogP contribution in [-0.2, 0) is 16.1 Å². The lowest BCUT2D eigenvalue weighted by Crippen LogP contribution is -2.32. The summed E-state index contributed by atoms with van der Waals surface area (Å²) in [6.45, 7) is 4.66. The molecule has 1 aromatic heterocycles. The van der Waals surface area contributed by atoms with Crippen LogP contribution >= 0.6 is 0 Å². The fraction of sp³-hybridized carbons (Fsp3) is 0.263. The molecular formula is C19H19NO6. The maximum absolute atomic E-state index is 12.3. The van der Waals surface area contributed by atoms with E-state index in [0.29, 0.717) is 23.0 Å². The number of rotatable bonds is 5. The summed E-state index contributed by atoms with van der Waals surface area (Å²) < 4.78 is 6.19. The van der Waals surface area contributed by atoms with E-state index in [1.54, 1.807) is 45.0 Å². The average Bonchev–Trinajstić information content (AvgIpc) is 2.54. The molecule has 0 aliphatic heterocycles. The molecule has 1 aromatic carbocycles. The number of carbonyl (C=O) groups excluding carboxylic acids is 2. The third-order valence-corrected chi connectivity index (χ3v) is 3.39. The Morgan fingerprint density at radius 1 is 1.19 bits per heavy atom. The SMILES string of the molecule is CC(C)(C)OC(=O)Cn1cc(-c2cccc(C=O)c2)cc(C(=O)O)c1=O. The van der Waals surface area contributed by atoms with Crippen molar-refractivity contribution >= 4 is 18.2 Å². The average molecular weight is 357 g/mol. The van der Waals surface area contributed by atoms with Crippen molar-refractivity contribution in [3.05, 3.63) is 58.0 Å². The van der Waals surface area contributed by atoms with Gasteiger partial charge in [-0.15, -0.1) is 0 Å². The first-order chi connectivity index (χ1) is 12.1. The third-order valence-electron chi connectivity index (χ3n) is 3.39. The highest BCUT2D eigenvalue weighted by molar-refractivity contribution is 5.89. The van der Waals surface area contributed by atoms with Gasteiger partial charge in [0.2, 0.25) is 0 Å². The van der Waals surface area contributed by atoms with Crippen LogP contribution in [0.1, 0.15) is 41.5 Å². The Bertz CT molecular complexity index is 920. The topological polar surface area (TPSA) is 103 Å². The molecule has 0 aliphatic carbocycles. The van der Waals surface area contributed by atoms with Gasteiger partial charge in [0.1, 0.15) is 24.0 Å². The maximum atomic E-state index is 12.3. The number of hydrogen-bond donors (Lipinski definition) is 1. The molecule has 0 bridgehead atoms. The predicted octanol–water partition coefficient (Wildman–Crippen LogP) is 2.37. The normalized spacial score (nSPS) is 11.0. The van der Waals surface area contributed by atoms with Crippen LogP contribution in [0.15, 0.2) is 41.3 Å². The van der Waals surface area contributed by atoms with Gasteiger partial charge in [0.25, 0.3) is 5.56 Å². The largest absolute Gasteiger partial charge is 0.477 e. The maximum Gasteiger partial charge on any atom is 0.341 e. The molecule has 1 heterocycles. The van der Waals surface area contributed by atoms with Gasteiger partial charge in [-0.25, -0.2) is 4.79 Å². The Morgan fingerprint density at radius 3 is 2.46 bits per heavy atom. The van der Waals surface area contributed by atoms with Gasteiger partial charge in [0.15, 0.2) is 0 Å². The van der Waals surface area contributed by atoms with E-state index in [9.17, 15) is 24.3 Å². The van der Waals surface area contributed by atoms with Gasteiger partial charge < -0.3 is 14.4 Å². The standard InChI is InChI=1S/C19H19NO6/c1-19(2,3)26-16(22)10-20-9-14(8-15(17(20)23)18(24)25)13-6-4-5-12(7-13)11-21/h4-9,11H,10H2,1-3H3,(H,24,25). The number of aldehydes is 1. The van der Waals surface area contributed by atoms with Crippen molar-refractivity contribution in [2.24, 2.45) is 0 Å². The van der Waals surface area contributed by atoms with Gasteiger partial charge in [0.05, 0.1) is 0 Å². The molecular weight excluding hydrogens is 338 g/mol. The molecule has 7 nitrogen and oxygen atoms in total. The Hall–Kier alpha value is -3.22. The Morgan fingerprint density at radius 2 is 1.88 bits per heavy atom. The van der Waals surface area contributed by atoms with Crippen LogP contribution in [0.25, 0.3) is 11.1 Å². The molecule has 2 rings (SSSR count). The molecule has 0 aliphatic rings. The van der Waals surface area contributed by atoms with Crippen LogP contribution < -0.4 is 5.56 Å². The molecule has 0 atom stereocenters. The van der Waals surface area contributed by atoms with Gasteiger partial charge in [-0.05, 0) is 44.0 Å². The van der Waals surface area contributed by atoms with Crippen molar-refractivity contribution < 1.29 is 24.2 Å². The third kappa shape index (κ3) is 4.66. The van der Waals surface area contributed by atoms with Crippen LogP contribution in [0.2, 0.25) is 0 Å². The summed E-state index contributed by atoms with van der Waals surface area (Å²) in [5, 5.41) is 9.30. The molecule has 26 heavy (non-hydrogen) atoms. The number of ether oxygens (including phenoxy) is 1. The lowest BCUT2D eigenvalue weighted by molar-refractivity contribution is -0.155. The van der Waals surface area contributed by atoms with E-state index in [1.165, 1.54) is 12.3 Å². The number of nitrogens with zero attached hydrogens (tertiary/aromatic N) is 1. The van der Waals surface area contributed by atoms with Crippen LogP contribution in [0.3, 0.4) is 0 Å². The zero-order valence-corrected chi connectivity index (χ0v) is 14.7. The monoisotopic (exact) mass is 357 g/mol. The molecule has 0 spiro atoms. The molecule has 0 fully saturated rings. The molecule has 1 N–H and O–H groups in total. The van der Waals surface area contributed by atoms with Crippen molar-refractivity contribution in [1.29, 1.82) is 0 Å². The minimum atomic E-state index is -1.40. The molecule has 136 valence electrons. The van der Waals surface area contributed by atoms with Crippen molar-refractivity contribution in [2.45, 2.75) is 32.9 Å². The van der Waals surface area contributed by atoms with Crippen molar-refractivity contribution in [2.75, 3.05) is 0 Å². The van der Waals surface area contributed by atoms with Crippen LogP contribution in [0, 0.1) is 0 Å². The molecule has 0 saturated carbocycles. The van der Waals surface area contributed by atoms with E-state index in [1.807, 2.05) is 0 Å². The second-order valence-corrected chi connectivity index (χ2v) is 6.71. The Kier molecular flexibility index (Phi) is 5.40. The van der Waals surface area contributed by atoms with Crippen LogP contribution in [0.4, 0.5) is 0 Å². The van der Waals surface area contributed by atoms with Crippen molar-refractivity contribution in [3.8, 4) is 11.1 Å². The summed E-state index contributed by atoms with van der Waals surface area (Å²) >= 11 is 0. The molecule has 0 unspecified atom stereocenters. The van der Waals surface area contributed by atoms with Crippen LogP contribution in [0.5, 0.6) is 0 Å². The second-order valence-electron chi connectivity index (χ2n) is 6.71. The van der Waals surface area contributed by atoms with Crippen molar-refractivity contribution in [1.82, 2.24) is 4.57 Å². The number of benzene rings is 1. The van der Waals surface area contributed by atoms with E-state index >= 15 is 0 Å². The number of aromatic nitrogens is 1. The van der Waals surface area contributed by atoms with E-state index in [4.69, 9.17) is 4.74 Å². The fourth-order valence-corrected chi connectivity index (χ4v) is 2.37. The number of esters is 1. The second kappa shape index (κ2) is 7.35. The summed E-state index contributed by atoms with van der Waals surface area (Å²) in [5.74, 6) is -2.06. The van der Waals surface area contributed by atoms with Gasteiger partial charge in [-0.3, -0.25) is 14.4 Å².